The molecule has 228 valence electrons. The molecule has 8 aromatic carbocycles. The summed E-state index contributed by atoms with van der Waals surface area (Å²) >= 11 is 0. The second-order valence-electron chi connectivity index (χ2n) is 13.0. The van der Waals surface area contributed by atoms with Crippen molar-refractivity contribution < 1.29 is 0 Å². The molecule has 0 fully saturated rings. The van der Waals surface area contributed by atoms with Crippen LogP contribution in [-0.2, 0) is 0 Å². The third kappa shape index (κ3) is 3.67. The van der Waals surface area contributed by atoms with Crippen LogP contribution in [0.25, 0.3) is 93.3 Å². The number of rotatable bonds is 3. The summed E-state index contributed by atoms with van der Waals surface area (Å²) in [5.41, 5.74) is 10.8. The Morgan fingerprint density at radius 1 is 0.245 bits per heavy atom. The van der Waals surface area contributed by atoms with Gasteiger partial charge in [-0.05, 0) is 89.6 Å². The molecule has 0 aliphatic rings. The van der Waals surface area contributed by atoms with Crippen LogP contribution in [0, 0.1) is 0 Å². The third-order valence-corrected chi connectivity index (χ3v) is 10.4. The van der Waals surface area contributed by atoms with Crippen LogP contribution in [0.1, 0.15) is 0 Å². The van der Waals surface area contributed by atoms with Crippen molar-refractivity contribution >= 4 is 76.2 Å². The molecule has 3 aromatic heterocycles. The van der Waals surface area contributed by atoms with Gasteiger partial charge in [0.2, 0.25) is 0 Å². The maximum Gasteiger partial charge on any atom is 0.0548 e. The van der Waals surface area contributed by atoms with Gasteiger partial charge in [0.25, 0.3) is 0 Å². The number of fused-ring (bicyclic) bond motifs is 11. The van der Waals surface area contributed by atoms with Gasteiger partial charge >= 0.3 is 0 Å². The van der Waals surface area contributed by atoms with Crippen LogP contribution in [0.5, 0.6) is 0 Å². The molecule has 11 rings (SSSR count). The molecule has 0 N–H and O–H groups in total. The van der Waals surface area contributed by atoms with E-state index < -0.39 is 0 Å². The van der Waals surface area contributed by atoms with Gasteiger partial charge in [-0.25, -0.2) is 0 Å². The van der Waals surface area contributed by atoms with Crippen LogP contribution in [0.2, 0.25) is 0 Å². The van der Waals surface area contributed by atoms with E-state index in [1.54, 1.807) is 0 Å². The molecular formula is C46H29N3. The van der Waals surface area contributed by atoms with Crippen LogP contribution >= 0.6 is 0 Å². The average molecular weight is 624 g/mol. The Bertz CT molecular complexity index is 3090. The van der Waals surface area contributed by atoms with Crippen molar-refractivity contribution in [3.05, 3.63) is 176 Å². The Morgan fingerprint density at radius 2 is 0.714 bits per heavy atom. The smallest absolute Gasteiger partial charge is 0.0548 e. The lowest BCUT2D eigenvalue weighted by atomic mass is 10.0. The van der Waals surface area contributed by atoms with E-state index in [4.69, 9.17) is 0 Å². The Hall–Kier alpha value is -6.58. The molecule has 0 aliphatic heterocycles. The predicted octanol–water partition coefficient (Wildman–Crippen LogP) is 12.1. The minimum atomic E-state index is 1.16. The standard InChI is InChI=1S/C46H29N3/c1-3-15-32(16-4-1)47-39-21-11-9-19-35(39)37-29-34(23-24-41(37)47)49-40-22-12-10-20-36(40)45-42(49)25-26-43-46(45)38-27-30-13-7-8-14-31(30)28-44(38)48(43)33-17-5-2-6-18-33/h1-29H. The first kappa shape index (κ1) is 26.5. The molecule has 0 saturated carbocycles. The fourth-order valence-electron chi connectivity index (χ4n) is 8.34. The first-order chi connectivity index (χ1) is 24.3. The van der Waals surface area contributed by atoms with Crippen molar-refractivity contribution in [1.29, 1.82) is 0 Å². The average Bonchev–Trinajstić information content (AvgIpc) is 3.79. The summed E-state index contributed by atoms with van der Waals surface area (Å²) in [6, 6.07) is 64.2. The molecule has 0 unspecified atom stereocenters. The summed E-state index contributed by atoms with van der Waals surface area (Å²) < 4.78 is 7.28. The maximum absolute atomic E-state index is 2.46. The first-order valence-electron chi connectivity index (χ1n) is 16.9. The molecule has 3 heteroatoms. The molecule has 0 amide bonds. The predicted molar refractivity (Wildman–Crippen MR) is 207 cm³/mol. The minimum Gasteiger partial charge on any atom is -0.309 e. The Labute approximate surface area is 282 Å². The van der Waals surface area contributed by atoms with Crippen LogP contribution in [0.15, 0.2) is 176 Å². The van der Waals surface area contributed by atoms with Crippen molar-refractivity contribution in [3.63, 3.8) is 0 Å². The number of para-hydroxylation sites is 4. The van der Waals surface area contributed by atoms with Crippen molar-refractivity contribution in [3.8, 4) is 17.1 Å². The van der Waals surface area contributed by atoms with E-state index in [1.165, 1.54) is 87.6 Å². The van der Waals surface area contributed by atoms with Crippen molar-refractivity contribution in [2.45, 2.75) is 0 Å². The van der Waals surface area contributed by atoms with Gasteiger partial charge in [0, 0.05) is 49.4 Å². The molecule has 49 heavy (non-hydrogen) atoms. The van der Waals surface area contributed by atoms with Gasteiger partial charge in [-0.2, -0.15) is 0 Å². The van der Waals surface area contributed by atoms with Crippen molar-refractivity contribution in [1.82, 2.24) is 13.7 Å². The molecule has 3 nitrogen and oxygen atoms in total. The van der Waals surface area contributed by atoms with Gasteiger partial charge in [-0.15, -0.1) is 0 Å². The zero-order chi connectivity index (χ0) is 32.1. The lowest BCUT2D eigenvalue weighted by Gasteiger charge is -2.11. The molecule has 0 spiro atoms. The fourth-order valence-corrected chi connectivity index (χ4v) is 8.34. The normalized spacial score (nSPS) is 12.1. The van der Waals surface area contributed by atoms with Gasteiger partial charge in [-0.3, -0.25) is 0 Å². The molecule has 0 aliphatic carbocycles. The summed E-state index contributed by atoms with van der Waals surface area (Å²) in [7, 11) is 0. The maximum atomic E-state index is 2.46. The molecule has 11 aromatic rings. The number of aromatic nitrogens is 3. The van der Waals surface area contributed by atoms with E-state index in [-0.39, 0.29) is 0 Å². The van der Waals surface area contributed by atoms with E-state index in [2.05, 4.69) is 190 Å². The van der Waals surface area contributed by atoms with Crippen LogP contribution in [0.3, 0.4) is 0 Å². The highest BCUT2D eigenvalue weighted by Gasteiger charge is 2.22. The number of hydrogen-bond donors (Lipinski definition) is 0. The van der Waals surface area contributed by atoms with Gasteiger partial charge in [0.05, 0.1) is 33.1 Å². The largest absolute Gasteiger partial charge is 0.309 e. The molecule has 0 bridgehead atoms. The molecular weight excluding hydrogens is 595 g/mol. The van der Waals surface area contributed by atoms with Gasteiger partial charge in [0.15, 0.2) is 0 Å². The monoisotopic (exact) mass is 623 g/mol. The Morgan fingerprint density at radius 3 is 1.41 bits per heavy atom. The van der Waals surface area contributed by atoms with E-state index in [0.29, 0.717) is 0 Å². The highest BCUT2D eigenvalue weighted by atomic mass is 15.0. The Kier molecular flexibility index (Phi) is 5.38. The second kappa shape index (κ2) is 9.96. The van der Waals surface area contributed by atoms with Gasteiger partial charge < -0.3 is 13.7 Å². The first-order valence-corrected chi connectivity index (χ1v) is 16.9. The van der Waals surface area contributed by atoms with E-state index in [1.807, 2.05) is 0 Å². The zero-order valence-electron chi connectivity index (χ0n) is 26.6. The molecule has 0 saturated heterocycles. The lowest BCUT2D eigenvalue weighted by molar-refractivity contribution is 1.16. The van der Waals surface area contributed by atoms with Crippen LogP contribution in [0.4, 0.5) is 0 Å². The van der Waals surface area contributed by atoms with Gasteiger partial charge in [-0.1, -0.05) is 97.1 Å². The van der Waals surface area contributed by atoms with Crippen molar-refractivity contribution in [2.24, 2.45) is 0 Å². The van der Waals surface area contributed by atoms with Crippen LogP contribution < -0.4 is 0 Å². The molecule has 0 radical (unpaired) electrons. The third-order valence-electron chi connectivity index (χ3n) is 10.4. The lowest BCUT2D eigenvalue weighted by Crippen LogP contribution is -1.96. The second-order valence-corrected chi connectivity index (χ2v) is 13.0. The van der Waals surface area contributed by atoms with Gasteiger partial charge in [0.1, 0.15) is 0 Å². The highest BCUT2D eigenvalue weighted by Crippen LogP contribution is 2.44. The summed E-state index contributed by atoms with van der Waals surface area (Å²) in [4.78, 5) is 0. The summed E-state index contributed by atoms with van der Waals surface area (Å²) in [6.45, 7) is 0. The number of benzene rings is 8. The molecule has 3 heterocycles. The highest BCUT2D eigenvalue weighted by molar-refractivity contribution is 6.30. The molecule has 0 atom stereocenters. The van der Waals surface area contributed by atoms with E-state index >= 15 is 0 Å². The van der Waals surface area contributed by atoms with Crippen LogP contribution in [-0.4, -0.2) is 13.7 Å². The Balaban J connectivity index is 1.27. The van der Waals surface area contributed by atoms with Crippen molar-refractivity contribution in [2.75, 3.05) is 0 Å². The zero-order valence-corrected chi connectivity index (χ0v) is 26.6. The number of nitrogens with zero attached hydrogens (tertiary/aromatic N) is 3. The summed E-state index contributed by atoms with van der Waals surface area (Å²) in [6.07, 6.45) is 0. The fraction of sp³-hybridized carbons (Fsp3) is 0. The summed E-state index contributed by atoms with van der Waals surface area (Å²) in [5.74, 6) is 0. The SMILES string of the molecule is c1ccc(-n2c3ccccc3c3cc(-n4c5ccccc5c5c6c7cc8ccccc8cc7n(-c7ccccc7)c6ccc54)ccc32)cc1. The van der Waals surface area contributed by atoms with E-state index in [9.17, 15) is 0 Å². The van der Waals surface area contributed by atoms with E-state index in [0.717, 1.165) is 5.69 Å². The minimum absolute atomic E-state index is 1.16. The quantitative estimate of drug-likeness (QED) is 0.186. The topological polar surface area (TPSA) is 14.8 Å². The summed E-state index contributed by atoms with van der Waals surface area (Å²) in [5, 5.41) is 10.1. The number of hydrogen-bond acceptors (Lipinski definition) is 0.